The van der Waals surface area contributed by atoms with E-state index in [0.717, 1.165) is 0 Å². The smallest absolute Gasteiger partial charge is 0.0348 e. The fourth-order valence-corrected chi connectivity index (χ4v) is 3.00. The summed E-state index contributed by atoms with van der Waals surface area (Å²) < 4.78 is 0. The van der Waals surface area contributed by atoms with Crippen molar-refractivity contribution in [2.45, 2.75) is 33.6 Å². The van der Waals surface area contributed by atoms with E-state index >= 15 is 0 Å². The largest absolute Gasteiger partial charge is 0.140 e. The lowest BCUT2D eigenvalue weighted by Gasteiger charge is -2.04. The molecule has 2 aromatic rings. The highest BCUT2D eigenvalue weighted by molar-refractivity contribution is 7.15. The molecule has 0 bridgehead atoms. The van der Waals surface area contributed by atoms with E-state index in [-0.39, 0.29) is 0 Å². The van der Waals surface area contributed by atoms with E-state index in [1.165, 1.54) is 26.4 Å². The molecule has 0 nitrogen and oxygen atoms in total. The molecule has 0 spiro atoms. The Morgan fingerprint density at radius 2 is 1.75 bits per heavy atom. The lowest BCUT2D eigenvalue weighted by molar-refractivity contribution is 0.890. The molecule has 0 saturated carbocycles. The molecule has 0 radical (unpaired) electrons. The maximum Gasteiger partial charge on any atom is 0.0348 e. The number of rotatable bonds is 2. The van der Waals surface area contributed by atoms with Crippen molar-refractivity contribution in [3.63, 3.8) is 0 Å². The van der Waals surface area contributed by atoms with E-state index in [2.05, 4.69) is 58.0 Å². The zero-order valence-electron chi connectivity index (χ0n) is 10.4. The third-order valence-corrected chi connectivity index (χ3v) is 4.26. The molecule has 1 aromatic heterocycles. The first kappa shape index (κ1) is 11.4. The van der Waals surface area contributed by atoms with Crippen molar-refractivity contribution in [3.05, 3.63) is 46.3 Å². The van der Waals surface area contributed by atoms with Crippen LogP contribution in [0.2, 0.25) is 0 Å². The minimum atomic E-state index is 0.629. The standard InChI is InChI=1S/C15H18S/c1-10(2)14-7-8-15(16-14)13-6-5-11(3)9-12(13)4/h5-10H,1-4H3. The highest BCUT2D eigenvalue weighted by atomic mass is 32.1. The summed E-state index contributed by atoms with van der Waals surface area (Å²) in [5.74, 6) is 0.629. The van der Waals surface area contributed by atoms with Crippen LogP contribution >= 0.6 is 11.3 Å². The average Bonchev–Trinajstić information content (AvgIpc) is 2.66. The van der Waals surface area contributed by atoms with Crippen molar-refractivity contribution >= 4 is 11.3 Å². The molecule has 1 heterocycles. The summed E-state index contributed by atoms with van der Waals surface area (Å²) in [6.07, 6.45) is 0. The van der Waals surface area contributed by atoms with Crippen molar-refractivity contribution in [3.8, 4) is 10.4 Å². The van der Waals surface area contributed by atoms with Crippen LogP contribution in [0.3, 0.4) is 0 Å². The van der Waals surface area contributed by atoms with Gasteiger partial charge in [-0.3, -0.25) is 0 Å². The van der Waals surface area contributed by atoms with Gasteiger partial charge in [-0.05, 0) is 43.0 Å². The van der Waals surface area contributed by atoms with Gasteiger partial charge in [0, 0.05) is 9.75 Å². The maximum absolute atomic E-state index is 2.25. The first-order valence-corrected chi connectivity index (χ1v) is 6.57. The molecule has 2 rings (SSSR count). The van der Waals surface area contributed by atoms with Crippen LogP contribution in [0.25, 0.3) is 10.4 Å². The third-order valence-electron chi connectivity index (χ3n) is 2.84. The zero-order chi connectivity index (χ0) is 11.7. The summed E-state index contributed by atoms with van der Waals surface area (Å²) >= 11 is 1.91. The molecule has 0 unspecified atom stereocenters. The SMILES string of the molecule is Cc1ccc(-c2ccc(C(C)C)s2)c(C)c1. The van der Waals surface area contributed by atoms with Crippen LogP contribution in [0.15, 0.2) is 30.3 Å². The Hall–Kier alpha value is -1.08. The highest BCUT2D eigenvalue weighted by Crippen LogP contribution is 2.33. The number of benzene rings is 1. The Morgan fingerprint density at radius 1 is 1.00 bits per heavy atom. The molecule has 0 saturated heterocycles. The first-order valence-electron chi connectivity index (χ1n) is 5.75. The Kier molecular flexibility index (Phi) is 3.15. The molecule has 0 N–H and O–H groups in total. The van der Waals surface area contributed by atoms with Gasteiger partial charge in [-0.2, -0.15) is 0 Å². The zero-order valence-corrected chi connectivity index (χ0v) is 11.2. The normalized spacial score (nSPS) is 11.1. The summed E-state index contributed by atoms with van der Waals surface area (Å²) in [7, 11) is 0. The van der Waals surface area contributed by atoms with E-state index in [1.54, 1.807) is 0 Å². The first-order chi connectivity index (χ1) is 7.58. The van der Waals surface area contributed by atoms with Crippen molar-refractivity contribution in [2.75, 3.05) is 0 Å². The summed E-state index contributed by atoms with van der Waals surface area (Å²) in [5, 5.41) is 0. The van der Waals surface area contributed by atoms with E-state index in [9.17, 15) is 0 Å². The van der Waals surface area contributed by atoms with Gasteiger partial charge in [0.05, 0.1) is 0 Å². The molecular weight excluding hydrogens is 212 g/mol. The van der Waals surface area contributed by atoms with Crippen LogP contribution in [0, 0.1) is 13.8 Å². The van der Waals surface area contributed by atoms with Gasteiger partial charge in [-0.1, -0.05) is 37.6 Å². The van der Waals surface area contributed by atoms with Gasteiger partial charge < -0.3 is 0 Å². The summed E-state index contributed by atoms with van der Waals surface area (Å²) in [6.45, 7) is 8.83. The van der Waals surface area contributed by atoms with Crippen molar-refractivity contribution in [2.24, 2.45) is 0 Å². The molecule has 0 aliphatic carbocycles. The van der Waals surface area contributed by atoms with E-state index < -0.39 is 0 Å². The Bertz CT molecular complexity index is 492. The van der Waals surface area contributed by atoms with Crippen LogP contribution in [-0.4, -0.2) is 0 Å². The van der Waals surface area contributed by atoms with Gasteiger partial charge in [-0.15, -0.1) is 11.3 Å². The van der Waals surface area contributed by atoms with Crippen molar-refractivity contribution in [1.82, 2.24) is 0 Å². The predicted octanol–water partition coefficient (Wildman–Crippen LogP) is 5.16. The van der Waals surface area contributed by atoms with Gasteiger partial charge >= 0.3 is 0 Å². The second-order valence-electron chi connectivity index (χ2n) is 4.68. The van der Waals surface area contributed by atoms with E-state index in [4.69, 9.17) is 0 Å². The van der Waals surface area contributed by atoms with Gasteiger partial charge in [0.1, 0.15) is 0 Å². The van der Waals surface area contributed by atoms with Crippen LogP contribution in [0.1, 0.15) is 35.8 Å². The van der Waals surface area contributed by atoms with Crippen LogP contribution < -0.4 is 0 Å². The minimum Gasteiger partial charge on any atom is -0.140 e. The molecule has 84 valence electrons. The summed E-state index contributed by atoms with van der Waals surface area (Å²) in [6, 6.07) is 11.2. The van der Waals surface area contributed by atoms with Gasteiger partial charge in [0.2, 0.25) is 0 Å². The summed E-state index contributed by atoms with van der Waals surface area (Å²) in [4.78, 5) is 2.86. The minimum absolute atomic E-state index is 0.629. The fraction of sp³-hybridized carbons (Fsp3) is 0.333. The third kappa shape index (κ3) is 2.19. The monoisotopic (exact) mass is 230 g/mol. The summed E-state index contributed by atoms with van der Waals surface area (Å²) in [5.41, 5.74) is 4.08. The molecular formula is C15H18S. The molecule has 0 aliphatic heterocycles. The van der Waals surface area contributed by atoms with E-state index in [0.29, 0.717) is 5.92 Å². The molecule has 1 aromatic carbocycles. The molecule has 16 heavy (non-hydrogen) atoms. The Labute approximate surface area is 102 Å². The number of hydrogen-bond acceptors (Lipinski definition) is 1. The Morgan fingerprint density at radius 3 is 2.31 bits per heavy atom. The second kappa shape index (κ2) is 4.42. The van der Waals surface area contributed by atoms with Crippen LogP contribution in [-0.2, 0) is 0 Å². The molecule has 1 heteroatoms. The lowest BCUT2D eigenvalue weighted by Crippen LogP contribution is -1.81. The van der Waals surface area contributed by atoms with Crippen molar-refractivity contribution in [1.29, 1.82) is 0 Å². The van der Waals surface area contributed by atoms with Crippen LogP contribution in [0.5, 0.6) is 0 Å². The molecule has 0 aliphatic rings. The quantitative estimate of drug-likeness (QED) is 0.669. The van der Waals surface area contributed by atoms with Gasteiger partial charge in [0.15, 0.2) is 0 Å². The van der Waals surface area contributed by atoms with Gasteiger partial charge in [-0.25, -0.2) is 0 Å². The van der Waals surface area contributed by atoms with E-state index in [1.807, 2.05) is 11.3 Å². The predicted molar refractivity (Wildman–Crippen MR) is 73.3 cm³/mol. The highest BCUT2D eigenvalue weighted by Gasteiger charge is 2.07. The van der Waals surface area contributed by atoms with Crippen molar-refractivity contribution < 1.29 is 0 Å². The number of hydrogen-bond donors (Lipinski definition) is 0. The molecule has 0 atom stereocenters. The molecule has 0 fully saturated rings. The Balaban J connectivity index is 2.42. The fourth-order valence-electron chi connectivity index (χ4n) is 1.90. The van der Waals surface area contributed by atoms with Gasteiger partial charge in [0.25, 0.3) is 0 Å². The van der Waals surface area contributed by atoms with Crippen LogP contribution in [0.4, 0.5) is 0 Å². The second-order valence-corrected chi connectivity index (χ2v) is 5.79. The topological polar surface area (TPSA) is 0 Å². The maximum atomic E-state index is 2.25. The number of aryl methyl sites for hydroxylation is 2. The average molecular weight is 230 g/mol. The molecule has 0 amide bonds. The lowest BCUT2D eigenvalue weighted by atomic mass is 10.0. The number of thiophene rings is 1.